The van der Waals surface area contributed by atoms with Crippen molar-refractivity contribution in [1.29, 1.82) is 0 Å². The lowest BCUT2D eigenvalue weighted by Gasteiger charge is -2.22. The zero-order valence-corrected chi connectivity index (χ0v) is 12.0. The summed E-state index contributed by atoms with van der Waals surface area (Å²) in [6, 6.07) is 7.77. The molecule has 1 N–H and O–H groups in total. The number of carbonyl (C=O) groups excluding carboxylic acids is 1. The van der Waals surface area contributed by atoms with Gasteiger partial charge in [-0.1, -0.05) is 50.5 Å². The topological polar surface area (TPSA) is 54.4 Å². The minimum absolute atomic E-state index is 0.0676. The van der Waals surface area contributed by atoms with Crippen molar-refractivity contribution < 1.29 is 14.7 Å². The second-order valence-corrected chi connectivity index (χ2v) is 5.82. The molecule has 0 amide bonds. The highest BCUT2D eigenvalue weighted by molar-refractivity contribution is 5.97. The van der Waals surface area contributed by atoms with Gasteiger partial charge >= 0.3 is 5.97 Å². The largest absolute Gasteiger partial charge is 0.481 e. The third-order valence-electron chi connectivity index (χ3n) is 4.22. The Kier molecular flexibility index (Phi) is 4.94. The number of ketones is 1. The molecule has 0 saturated heterocycles. The number of hydrogen-bond acceptors (Lipinski definition) is 2. The van der Waals surface area contributed by atoms with E-state index in [1.165, 1.54) is 37.7 Å². The fourth-order valence-corrected chi connectivity index (χ4v) is 2.86. The summed E-state index contributed by atoms with van der Waals surface area (Å²) in [4.78, 5) is 22.8. The number of hydrogen-bond donors (Lipinski definition) is 1. The van der Waals surface area contributed by atoms with Crippen LogP contribution < -0.4 is 0 Å². The predicted octanol–water partition coefficient (Wildman–Crippen LogP) is 4.03. The highest BCUT2D eigenvalue weighted by atomic mass is 16.4. The fourth-order valence-electron chi connectivity index (χ4n) is 2.86. The van der Waals surface area contributed by atoms with Crippen LogP contribution in [0.5, 0.6) is 0 Å². The molecular formula is C17H22O3. The van der Waals surface area contributed by atoms with Crippen molar-refractivity contribution in [1.82, 2.24) is 0 Å². The molecule has 1 aliphatic carbocycles. The predicted molar refractivity (Wildman–Crippen MR) is 78.0 cm³/mol. The first-order chi connectivity index (χ1) is 9.58. The average Bonchev–Trinajstić information content (AvgIpc) is 2.48. The van der Waals surface area contributed by atoms with E-state index in [1.54, 1.807) is 6.92 Å². The van der Waals surface area contributed by atoms with Gasteiger partial charge < -0.3 is 5.11 Å². The summed E-state index contributed by atoms with van der Waals surface area (Å²) >= 11 is 0. The molecule has 1 atom stereocenters. The van der Waals surface area contributed by atoms with E-state index >= 15 is 0 Å². The van der Waals surface area contributed by atoms with E-state index in [0.717, 1.165) is 0 Å². The van der Waals surface area contributed by atoms with Crippen LogP contribution in [0.4, 0.5) is 0 Å². The summed E-state index contributed by atoms with van der Waals surface area (Å²) in [6.45, 7) is 1.57. The van der Waals surface area contributed by atoms with Gasteiger partial charge in [0, 0.05) is 12.0 Å². The number of aliphatic carboxylic acids is 1. The molecule has 0 radical (unpaired) electrons. The van der Waals surface area contributed by atoms with Crippen LogP contribution in [0.3, 0.4) is 0 Å². The van der Waals surface area contributed by atoms with E-state index < -0.39 is 11.9 Å². The van der Waals surface area contributed by atoms with Crippen LogP contribution in [0.2, 0.25) is 0 Å². The molecule has 0 spiro atoms. The molecule has 3 nitrogen and oxygen atoms in total. The molecule has 0 aliphatic heterocycles. The third kappa shape index (κ3) is 3.69. The molecule has 1 aliphatic rings. The van der Waals surface area contributed by atoms with Crippen LogP contribution in [-0.2, 0) is 4.79 Å². The van der Waals surface area contributed by atoms with Crippen molar-refractivity contribution >= 4 is 11.8 Å². The molecule has 1 aromatic rings. The lowest BCUT2D eigenvalue weighted by molar-refractivity contribution is -0.141. The third-order valence-corrected chi connectivity index (χ3v) is 4.22. The summed E-state index contributed by atoms with van der Waals surface area (Å²) < 4.78 is 0. The molecule has 1 saturated carbocycles. The van der Waals surface area contributed by atoms with E-state index in [9.17, 15) is 9.59 Å². The maximum absolute atomic E-state index is 12.0. The normalized spacial score (nSPS) is 17.6. The summed E-state index contributed by atoms with van der Waals surface area (Å²) in [6.07, 6.45) is 6.47. The van der Waals surface area contributed by atoms with Gasteiger partial charge in [-0.15, -0.1) is 0 Å². The van der Waals surface area contributed by atoms with Gasteiger partial charge in [0.1, 0.15) is 0 Å². The van der Waals surface area contributed by atoms with Gasteiger partial charge in [0.15, 0.2) is 5.78 Å². The maximum atomic E-state index is 12.0. The van der Waals surface area contributed by atoms with Crippen LogP contribution in [0.15, 0.2) is 24.3 Å². The molecule has 0 heterocycles. The molecule has 108 valence electrons. The monoisotopic (exact) mass is 274 g/mol. The number of Topliss-reactive ketones (excluding diaryl/α,β-unsaturated/α-hetero) is 1. The molecule has 3 heteroatoms. The van der Waals surface area contributed by atoms with Crippen molar-refractivity contribution in [3.8, 4) is 0 Å². The smallest absolute Gasteiger partial charge is 0.306 e. The molecule has 1 unspecified atom stereocenters. The molecule has 0 bridgehead atoms. The summed E-state index contributed by atoms with van der Waals surface area (Å²) in [5.41, 5.74) is 1.94. The molecule has 20 heavy (non-hydrogen) atoms. The first-order valence-electron chi connectivity index (χ1n) is 7.44. The van der Waals surface area contributed by atoms with Gasteiger partial charge in [-0.05, 0) is 24.3 Å². The molecule has 1 fully saturated rings. The van der Waals surface area contributed by atoms with Crippen molar-refractivity contribution in [2.45, 2.75) is 51.4 Å². The summed E-state index contributed by atoms with van der Waals surface area (Å²) in [5.74, 6) is -1.00. The standard InChI is InChI=1S/C17H22O3/c1-12(17(19)20)11-16(18)15-9-7-14(8-10-15)13-5-3-2-4-6-13/h7-10,12-13H,2-6,11H2,1H3,(H,19,20). The Morgan fingerprint density at radius 2 is 1.75 bits per heavy atom. The first kappa shape index (κ1) is 14.8. The molecule has 2 rings (SSSR count). The van der Waals surface area contributed by atoms with Gasteiger partial charge in [-0.25, -0.2) is 0 Å². The Morgan fingerprint density at radius 3 is 2.30 bits per heavy atom. The van der Waals surface area contributed by atoms with Crippen LogP contribution >= 0.6 is 0 Å². The van der Waals surface area contributed by atoms with Crippen molar-refractivity contribution in [3.63, 3.8) is 0 Å². The van der Waals surface area contributed by atoms with E-state index in [-0.39, 0.29) is 12.2 Å². The van der Waals surface area contributed by atoms with Gasteiger partial charge in [-0.3, -0.25) is 9.59 Å². The summed E-state index contributed by atoms with van der Waals surface area (Å²) in [5, 5.41) is 8.84. The van der Waals surface area contributed by atoms with Gasteiger partial charge in [0.2, 0.25) is 0 Å². The van der Waals surface area contributed by atoms with Crippen molar-refractivity contribution in [2.24, 2.45) is 5.92 Å². The van der Waals surface area contributed by atoms with E-state index in [4.69, 9.17) is 5.11 Å². The van der Waals surface area contributed by atoms with Gasteiger partial charge in [0.05, 0.1) is 5.92 Å². The average molecular weight is 274 g/mol. The number of carboxylic acids is 1. The van der Waals surface area contributed by atoms with Crippen LogP contribution in [0.1, 0.15) is 67.3 Å². The second-order valence-electron chi connectivity index (χ2n) is 5.82. The van der Waals surface area contributed by atoms with Gasteiger partial charge in [0.25, 0.3) is 0 Å². The Hall–Kier alpha value is -1.64. The Labute approximate surface area is 120 Å². The minimum atomic E-state index is -0.919. The molecular weight excluding hydrogens is 252 g/mol. The van der Waals surface area contributed by atoms with E-state index in [0.29, 0.717) is 11.5 Å². The maximum Gasteiger partial charge on any atom is 0.306 e. The van der Waals surface area contributed by atoms with Crippen LogP contribution in [-0.4, -0.2) is 16.9 Å². The highest BCUT2D eigenvalue weighted by Crippen LogP contribution is 2.32. The number of rotatable bonds is 5. The van der Waals surface area contributed by atoms with Crippen molar-refractivity contribution in [2.75, 3.05) is 0 Å². The van der Waals surface area contributed by atoms with Crippen molar-refractivity contribution in [3.05, 3.63) is 35.4 Å². The number of carboxylic acid groups (broad SMARTS) is 1. The fraction of sp³-hybridized carbons (Fsp3) is 0.529. The Morgan fingerprint density at radius 1 is 1.15 bits per heavy atom. The minimum Gasteiger partial charge on any atom is -0.481 e. The Bertz CT molecular complexity index is 470. The second kappa shape index (κ2) is 6.69. The lowest BCUT2D eigenvalue weighted by Crippen LogP contribution is -2.14. The quantitative estimate of drug-likeness (QED) is 0.825. The van der Waals surface area contributed by atoms with Gasteiger partial charge in [-0.2, -0.15) is 0 Å². The van der Waals surface area contributed by atoms with Crippen LogP contribution in [0.25, 0.3) is 0 Å². The first-order valence-corrected chi connectivity index (χ1v) is 7.44. The van der Waals surface area contributed by atoms with Crippen LogP contribution in [0, 0.1) is 5.92 Å². The Balaban J connectivity index is 2.00. The number of benzene rings is 1. The molecule has 0 aromatic heterocycles. The lowest BCUT2D eigenvalue weighted by atomic mass is 9.83. The summed E-state index contributed by atoms with van der Waals surface area (Å²) in [7, 11) is 0. The number of carbonyl (C=O) groups is 2. The zero-order valence-electron chi connectivity index (χ0n) is 12.0. The highest BCUT2D eigenvalue weighted by Gasteiger charge is 2.18. The van der Waals surface area contributed by atoms with E-state index in [2.05, 4.69) is 0 Å². The zero-order chi connectivity index (χ0) is 14.5. The SMILES string of the molecule is CC(CC(=O)c1ccc(C2CCCCC2)cc1)C(=O)O. The molecule has 1 aromatic carbocycles. The van der Waals surface area contributed by atoms with E-state index in [1.807, 2.05) is 24.3 Å².